The van der Waals surface area contributed by atoms with Gasteiger partial charge in [-0.3, -0.25) is 20.4 Å². The molecule has 25 heavy (non-hydrogen) atoms. The van der Waals surface area contributed by atoms with Gasteiger partial charge in [-0.15, -0.1) is 0 Å². The summed E-state index contributed by atoms with van der Waals surface area (Å²) in [6.07, 6.45) is 3.11. The van der Waals surface area contributed by atoms with Crippen LogP contribution in [0.2, 0.25) is 0 Å². The molecule has 2 rings (SSSR count). The van der Waals surface area contributed by atoms with Gasteiger partial charge < -0.3 is 0 Å². The molecule has 2 N–H and O–H groups in total. The fourth-order valence-electron chi connectivity index (χ4n) is 2.46. The highest BCUT2D eigenvalue weighted by molar-refractivity contribution is 5.98. The molecule has 4 nitrogen and oxygen atoms in total. The maximum atomic E-state index is 12.1. The van der Waals surface area contributed by atoms with Crippen LogP contribution >= 0.6 is 0 Å². The summed E-state index contributed by atoms with van der Waals surface area (Å²) >= 11 is 0. The van der Waals surface area contributed by atoms with Crippen molar-refractivity contribution in [2.45, 2.75) is 33.6 Å². The molecule has 0 aliphatic rings. The van der Waals surface area contributed by atoms with E-state index in [0.29, 0.717) is 11.5 Å². The van der Waals surface area contributed by atoms with Gasteiger partial charge in [-0.1, -0.05) is 55.8 Å². The van der Waals surface area contributed by atoms with Crippen LogP contribution in [0.15, 0.2) is 48.5 Å². The smallest absolute Gasteiger partial charge is 0.268 e. The Balaban J connectivity index is 1.90. The summed E-state index contributed by atoms with van der Waals surface area (Å²) in [7, 11) is 0. The summed E-state index contributed by atoms with van der Waals surface area (Å²) in [5.41, 5.74) is 9.51. The van der Waals surface area contributed by atoms with Crippen LogP contribution < -0.4 is 10.9 Å². The third kappa shape index (κ3) is 5.31. The van der Waals surface area contributed by atoms with Crippen LogP contribution in [-0.2, 0) is 4.79 Å². The summed E-state index contributed by atoms with van der Waals surface area (Å²) in [6.45, 7) is 8.10. The SMILES string of the molecule is Cc1ccc(C(=O)NNC(=O)/C=C/c2ccc(C(C)C)cc2)c(C)c1. The van der Waals surface area contributed by atoms with E-state index in [1.165, 1.54) is 11.6 Å². The van der Waals surface area contributed by atoms with Crippen LogP contribution in [0.25, 0.3) is 6.08 Å². The van der Waals surface area contributed by atoms with Crippen LogP contribution in [0.1, 0.15) is 52.4 Å². The molecule has 2 amide bonds. The van der Waals surface area contributed by atoms with Crippen LogP contribution in [-0.4, -0.2) is 11.8 Å². The van der Waals surface area contributed by atoms with Gasteiger partial charge in [0.15, 0.2) is 0 Å². The maximum Gasteiger partial charge on any atom is 0.269 e. The second kappa shape index (κ2) is 8.29. The first-order chi connectivity index (χ1) is 11.9. The lowest BCUT2D eigenvalue weighted by molar-refractivity contribution is -0.117. The highest BCUT2D eigenvalue weighted by atomic mass is 16.2. The van der Waals surface area contributed by atoms with Crippen molar-refractivity contribution in [3.63, 3.8) is 0 Å². The minimum Gasteiger partial charge on any atom is -0.268 e. The minimum absolute atomic E-state index is 0.333. The molecule has 0 heterocycles. The topological polar surface area (TPSA) is 58.2 Å². The van der Waals surface area contributed by atoms with E-state index in [1.807, 2.05) is 50.2 Å². The normalized spacial score (nSPS) is 10.9. The third-order valence-electron chi connectivity index (χ3n) is 3.96. The zero-order valence-corrected chi connectivity index (χ0v) is 15.1. The Bertz CT molecular complexity index is 790. The molecule has 0 aromatic heterocycles. The zero-order chi connectivity index (χ0) is 18.4. The first-order valence-electron chi connectivity index (χ1n) is 8.32. The van der Waals surface area contributed by atoms with Gasteiger partial charge in [0, 0.05) is 11.6 Å². The third-order valence-corrected chi connectivity index (χ3v) is 3.96. The van der Waals surface area contributed by atoms with Crippen LogP contribution in [0.5, 0.6) is 0 Å². The predicted molar refractivity (Wildman–Crippen MR) is 101 cm³/mol. The molecule has 2 aromatic carbocycles. The van der Waals surface area contributed by atoms with E-state index >= 15 is 0 Å². The Morgan fingerprint density at radius 1 is 0.960 bits per heavy atom. The molecule has 130 valence electrons. The van der Waals surface area contributed by atoms with Gasteiger partial charge in [0.1, 0.15) is 0 Å². The molecule has 0 saturated carbocycles. The molecule has 4 heteroatoms. The number of nitrogens with one attached hydrogen (secondary N) is 2. The average molecular weight is 336 g/mol. The minimum atomic E-state index is -0.383. The standard InChI is InChI=1S/C21H24N2O2/c1-14(2)18-9-6-17(7-10-18)8-12-20(24)22-23-21(25)19-11-5-15(3)13-16(19)4/h5-14H,1-4H3,(H,22,24)(H,23,25)/b12-8+. The molecule has 0 atom stereocenters. The van der Waals surface area contributed by atoms with Gasteiger partial charge in [0.25, 0.3) is 11.8 Å². The highest BCUT2D eigenvalue weighted by Crippen LogP contribution is 2.15. The first-order valence-corrected chi connectivity index (χ1v) is 8.32. The fourth-order valence-corrected chi connectivity index (χ4v) is 2.46. The van der Waals surface area contributed by atoms with Crippen molar-refractivity contribution in [3.05, 3.63) is 76.4 Å². The molecule has 0 aliphatic carbocycles. The van der Waals surface area contributed by atoms with Crippen LogP contribution in [0, 0.1) is 13.8 Å². The van der Waals surface area contributed by atoms with Crippen molar-refractivity contribution in [1.29, 1.82) is 0 Å². The lowest BCUT2D eigenvalue weighted by Crippen LogP contribution is -2.41. The average Bonchev–Trinajstić information content (AvgIpc) is 2.58. The van der Waals surface area contributed by atoms with E-state index in [9.17, 15) is 9.59 Å². The molecule has 0 spiro atoms. The number of amides is 2. The van der Waals surface area contributed by atoms with Gasteiger partial charge >= 0.3 is 0 Å². The zero-order valence-electron chi connectivity index (χ0n) is 15.1. The lowest BCUT2D eigenvalue weighted by atomic mass is 10.0. The van der Waals surface area contributed by atoms with E-state index in [0.717, 1.165) is 16.7 Å². The van der Waals surface area contributed by atoms with E-state index in [1.54, 1.807) is 12.1 Å². The molecular weight excluding hydrogens is 312 g/mol. The molecule has 0 radical (unpaired) electrons. The van der Waals surface area contributed by atoms with Gasteiger partial charge in [-0.2, -0.15) is 0 Å². The van der Waals surface area contributed by atoms with Crippen molar-refractivity contribution in [1.82, 2.24) is 10.9 Å². The lowest BCUT2D eigenvalue weighted by Gasteiger charge is -2.08. The molecule has 0 aliphatic heterocycles. The van der Waals surface area contributed by atoms with Crippen molar-refractivity contribution in [3.8, 4) is 0 Å². The molecule has 2 aromatic rings. The van der Waals surface area contributed by atoms with Crippen molar-refractivity contribution in [2.75, 3.05) is 0 Å². The highest BCUT2D eigenvalue weighted by Gasteiger charge is 2.09. The van der Waals surface area contributed by atoms with Crippen molar-refractivity contribution >= 4 is 17.9 Å². The van der Waals surface area contributed by atoms with E-state index in [2.05, 4.69) is 24.7 Å². The summed E-state index contributed by atoms with van der Waals surface area (Å²) < 4.78 is 0. The van der Waals surface area contributed by atoms with Gasteiger partial charge in [-0.25, -0.2) is 0 Å². The Labute approximate surface area is 148 Å². The van der Waals surface area contributed by atoms with Crippen LogP contribution in [0.4, 0.5) is 0 Å². The second-order valence-corrected chi connectivity index (χ2v) is 6.42. The van der Waals surface area contributed by atoms with E-state index in [-0.39, 0.29) is 11.8 Å². The molecule has 0 fully saturated rings. The van der Waals surface area contributed by atoms with Crippen molar-refractivity contribution < 1.29 is 9.59 Å². The van der Waals surface area contributed by atoms with Gasteiger partial charge in [0.05, 0.1) is 0 Å². The monoisotopic (exact) mass is 336 g/mol. The number of rotatable bonds is 4. The number of benzene rings is 2. The second-order valence-electron chi connectivity index (χ2n) is 6.42. The summed E-state index contributed by atoms with van der Waals surface area (Å²) in [5.74, 6) is -0.242. The maximum absolute atomic E-state index is 12.1. The predicted octanol–water partition coefficient (Wildman–Crippen LogP) is 3.90. The molecule has 0 unspecified atom stereocenters. The van der Waals surface area contributed by atoms with Gasteiger partial charge in [0.2, 0.25) is 0 Å². The number of hydrazine groups is 1. The van der Waals surface area contributed by atoms with E-state index < -0.39 is 0 Å². The quantitative estimate of drug-likeness (QED) is 0.657. The Morgan fingerprint density at radius 2 is 1.64 bits per heavy atom. The van der Waals surface area contributed by atoms with E-state index in [4.69, 9.17) is 0 Å². The largest absolute Gasteiger partial charge is 0.269 e. The summed E-state index contributed by atoms with van der Waals surface area (Å²) in [6, 6.07) is 13.6. The fraction of sp³-hybridized carbons (Fsp3) is 0.238. The Kier molecular flexibility index (Phi) is 6.12. The number of aryl methyl sites for hydroxylation is 2. The summed E-state index contributed by atoms with van der Waals surface area (Å²) in [5, 5.41) is 0. The number of hydrogen-bond donors (Lipinski definition) is 2. The molecular formula is C21H24N2O2. The Morgan fingerprint density at radius 3 is 2.24 bits per heavy atom. The molecule has 0 saturated heterocycles. The van der Waals surface area contributed by atoms with Gasteiger partial charge in [-0.05, 0) is 48.6 Å². The number of carbonyl (C=O) groups excluding carboxylic acids is 2. The molecule has 0 bridgehead atoms. The number of hydrogen-bond acceptors (Lipinski definition) is 2. The first kappa shape index (κ1) is 18.5. The number of carbonyl (C=O) groups is 2. The van der Waals surface area contributed by atoms with Crippen molar-refractivity contribution in [2.24, 2.45) is 0 Å². The Hall–Kier alpha value is -2.88. The summed E-state index contributed by atoms with van der Waals surface area (Å²) in [4.78, 5) is 24.0. The van der Waals surface area contributed by atoms with Crippen LogP contribution in [0.3, 0.4) is 0 Å².